The summed E-state index contributed by atoms with van der Waals surface area (Å²) < 4.78 is 0. The van der Waals surface area contributed by atoms with E-state index in [0.717, 1.165) is 38.6 Å². The molecule has 3 N–H and O–H groups in total. The minimum absolute atomic E-state index is 0.116. The first-order chi connectivity index (χ1) is 8.25. The Morgan fingerprint density at radius 3 is 2.76 bits per heavy atom. The van der Waals surface area contributed by atoms with Gasteiger partial charge >= 0.3 is 0 Å². The molecule has 0 spiro atoms. The largest absolute Gasteiger partial charge is 0.369 e. The molecule has 0 unspecified atom stereocenters. The summed E-state index contributed by atoms with van der Waals surface area (Å²) in [7, 11) is 0. The van der Waals surface area contributed by atoms with E-state index >= 15 is 0 Å². The smallest absolute Gasteiger partial charge is 0.220 e. The quantitative estimate of drug-likeness (QED) is 0.841. The fourth-order valence-corrected chi connectivity index (χ4v) is 3.15. The van der Waals surface area contributed by atoms with E-state index in [2.05, 4.69) is 22.8 Å². The first-order valence-electron chi connectivity index (χ1n) is 6.31. The molecule has 0 bridgehead atoms. The zero-order valence-electron chi connectivity index (χ0n) is 10.0. The highest BCUT2D eigenvalue weighted by Gasteiger charge is 2.23. The summed E-state index contributed by atoms with van der Waals surface area (Å²) in [4.78, 5) is 12.5. The SMILES string of the molecule is NC(=O)C1CCC(NCCc2cccs2)CC1. The third kappa shape index (κ3) is 3.82. The van der Waals surface area contributed by atoms with Crippen LogP contribution in [0.5, 0.6) is 0 Å². The van der Waals surface area contributed by atoms with Gasteiger partial charge in [-0.2, -0.15) is 0 Å². The number of nitrogens with two attached hydrogens (primary N) is 1. The van der Waals surface area contributed by atoms with Crippen molar-refractivity contribution >= 4 is 17.2 Å². The van der Waals surface area contributed by atoms with Crippen LogP contribution in [0, 0.1) is 5.92 Å². The Morgan fingerprint density at radius 2 is 2.18 bits per heavy atom. The summed E-state index contributed by atoms with van der Waals surface area (Å²) in [6.45, 7) is 1.03. The molecule has 1 heterocycles. The minimum Gasteiger partial charge on any atom is -0.369 e. The molecule has 1 aliphatic rings. The summed E-state index contributed by atoms with van der Waals surface area (Å²) in [5.41, 5.74) is 5.32. The average Bonchev–Trinajstić information content (AvgIpc) is 2.83. The van der Waals surface area contributed by atoms with Crippen molar-refractivity contribution < 1.29 is 4.79 Å². The molecule has 1 aromatic rings. The van der Waals surface area contributed by atoms with Gasteiger partial charge in [-0.1, -0.05) is 6.07 Å². The molecule has 17 heavy (non-hydrogen) atoms. The lowest BCUT2D eigenvalue weighted by molar-refractivity contribution is -0.122. The lowest BCUT2D eigenvalue weighted by Crippen LogP contribution is -2.37. The Kier molecular flexibility index (Phi) is 4.57. The third-order valence-electron chi connectivity index (χ3n) is 3.51. The standard InChI is InChI=1S/C13H20N2OS/c14-13(16)10-3-5-11(6-4-10)15-8-7-12-2-1-9-17-12/h1-2,9-11,15H,3-8H2,(H2,14,16). The van der Waals surface area contributed by atoms with Crippen molar-refractivity contribution in [1.29, 1.82) is 0 Å². The van der Waals surface area contributed by atoms with Crippen molar-refractivity contribution in [2.75, 3.05) is 6.54 Å². The Balaban J connectivity index is 1.63. The fraction of sp³-hybridized carbons (Fsp3) is 0.615. The minimum atomic E-state index is -0.123. The van der Waals surface area contributed by atoms with E-state index in [1.165, 1.54) is 4.88 Å². The molecule has 1 amide bonds. The molecule has 0 aromatic carbocycles. The van der Waals surface area contributed by atoms with Gasteiger partial charge < -0.3 is 11.1 Å². The monoisotopic (exact) mass is 252 g/mol. The maximum Gasteiger partial charge on any atom is 0.220 e. The first kappa shape index (κ1) is 12.6. The molecule has 2 rings (SSSR count). The van der Waals surface area contributed by atoms with E-state index in [1.54, 1.807) is 0 Å². The van der Waals surface area contributed by atoms with Crippen molar-refractivity contribution in [2.24, 2.45) is 11.7 Å². The second-order valence-corrected chi connectivity index (χ2v) is 5.77. The summed E-state index contributed by atoms with van der Waals surface area (Å²) in [6, 6.07) is 4.85. The molecule has 0 atom stereocenters. The van der Waals surface area contributed by atoms with E-state index in [9.17, 15) is 4.79 Å². The highest BCUT2D eigenvalue weighted by atomic mass is 32.1. The number of amides is 1. The molecule has 3 nitrogen and oxygen atoms in total. The van der Waals surface area contributed by atoms with Gasteiger partial charge in [-0.25, -0.2) is 0 Å². The van der Waals surface area contributed by atoms with Crippen LogP contribution >= 0.6 is 11.3 Å². The van der Waals surface area contributed by atoms with E-state index < -0.39 is 0 Å². The average molecular weight is 252 g/mol. The number of nitrogens with one attached hydrogen (secondary N) is 1. The molecule has 1 aliphatic carbocycles. The molecule has 0 radical (unpaired) electrons. The van der Waals surface area contributed by atoms with Crippen LogP contribution in [0.25, 0.3) is 0 Å². The van der Waals surface area contributed by atoms with E-state index in [0.29, 0.717) is 6.04 Å². The maximum absolute atomic E-state index is 11.0. The van der Waals surface area contributed by atoms with Gasteiger partial charge in [-0.05, 0) is 43.6 Å². The van der Waals surface area contributed by atoms with Crippen LogP contribution in [0.3, 0.4) is 0 Å². The molecule has 4 heteroatoms. The van der Waals surface area contributed by atoms with E-state index in [-0.39, 0.29) is 11.8 Å². The summed E-state index contributed by atoms with van der Waals surface area (Å²) in [6.07, 6.45) is 5.17. The number of carbonyl (C=O) groups excluding carboxylic acids is 1. The summed E-state index contributed by atoms with van der Waals surface area (Å²) in [5.74, 6) is -0.00705. The number of primary amides is 1. The number of hydrogen-bond acceptors (Lipinski definition) is 3. The molecule has 1 fully saturated rings. The molecule has 0 saturated heterocycles. The summed E-state index contributed by atoms with van der Waals surface area (Å²) >= 11 is 1.81. The van der Waals surface area contributed by atoms with Crippen LogP contribution in [0.4, 0.5) is 0 Å². The van der Waals surface area contributed by atoms with Gasteiger partial charge in [0.2, 0.25) is 5.91 Å². The molecule has 1 saturated carbocycles. The molecule has 94 valence electrons. The van der Waals surface area contributed by atoms with Gasteiger partial charge in [-0.3, -0.25) is 4.79 Å². The zero-order chi connectivity index (χ0) is 12.1. The van der Waals surface area contributed by atoms with Crippen molar-refractivity contribution in [2.45, 2.75) is 38.1 Å². The highest BCUT2D eigenvalue weighted by molar-refractivity contribution is 7.09. The van der Waals surface area contributed by atoms with E-state index in [4.69, 9.17) is 5.73 Å². The lowest BCUT2D eigenvalue weighted by atomic mass is 9.85. The van der Waals surface area contributed by atoms with Gasteiger partial charge in [0.05, 0.1) is 0 Å². The van der Waals surface area contributed by atoms with Gasteiger partial charge in [0.15, 0.2) is 0 Å². The first-order valence-corrected chi connectivity index (χ1v) is 7.19. The second-order valence-electron chi connectivity index (χ2n) is 4.73. The van der Waals surface area contributed by atoms with Crippen molar-refractivity contribution in [3.63, 3.8) is 0 Å². The Morgan fingerprint density at radius 1 is 1.41 bits per heavy atom. The normalized spacial score (nSPS) is 24.7. The van der Waals surface area contributed by atoms with Gasteiger partial charge in [0.25, 0.3) is 0 Å². The summed E-state index contributed by atoms with van der Waals surface area (Å²) in [5, 5.41) is 5.69. The number of carbonyl (C=O) groups is 1. The predicted molar refractivity (Wildman–Crippen MR) is 71.0 cm³/mol. The van der Waals surface area contributed by atoms with Crippen LogP contribution in [0.1, 0.15) is 30.6 Å². The molecule has 1 aromatic heterocycles. The lowest BCUT2D eigenvalue weighted by Gasteiger charge is -2.27. The molecule has 0 aliphatic heterocycles. The maximum atomic E-state index is 11.0. The topological polar surface area (TPSA) is 55.1 Å². The third-order valence-corrected chi connectivity index (χ3v) is 4.45. The predicted octanol–water partition coefficient (Wildman–Crippen LogP) is 1.92. The Labute approximate surface area is 106 Å². The van der Waals surface area contributed by atoms with Crippen LogP contribution in [-0.4, -0.2) is 18.5 Å². The second kappa shape index (κ2) is 6.17. The molecular weight excluding hydrogens is 232 g/mol. The highest BCUT2D eigenvalue weighted by Crippen LogP contribution is 2.23. The Bertz CT molecular complexity index is 342. The van der Waals surface area contributed by atoms with Crippen LogP contribution in [0.15, 0.2) is 17.5 Å². The number of hydrogen-bond donors (Lipinski definition) is 2. The fourth-order valence-electron chi connectivity index (χ4n) is 2.44. The number of rotatable bonds is 5. The van der Waals surface area contributed by atoms with Crippen molar-refractivity contribution in [1.82, 2.24) is 5.32 Å². The van der Waals surface area contributed by atoms with Crippen LogP contribution in [-0.2, 0) is 11.2 Å². The van der Waals surface area contributed by atoms with Gasteiger partial charge in [-0.15, -0.1) is 11.3 Å². The van der Waals surface area contributed by atoms with Gasteiger partial charge in [0.1, 0.15) is 0 Å². The van der Waals surface area contributed by atoms with Crippen molar-refractivity contribution in [3.8, 4) is 0 Å². The van der Waals surface area contributed by atoms with Crippen LogP contribution < -0.4 is 11.1 Å². The zero-order valence-corrected chi connectivity index (χ0v) is 10.8. The number of thiophene rings is 1. The van der Waals surface area contributed by atoms with Gasteiger partial charge in [0, 0.05) is 23.4 Å². The molecular formula is C13H20N2OS. The Hall–Kier alpha value is -0.870. The van der Waals surface area contributed by atoms with E-state index in [1.807, 2.05) is 11.3 Å². The van der Waals surface area contributed by atoms with Crippen LogP contribution in [0.2, 0.25) is 0 Å². The van der Waals surface area contributed by atoms with Crippen molar-refractivity contribution in [3.05, 3.63) is 22.4 Å².